The van der Waals surface area contributed by atoms with Crippen molar-refractivity contribution in [2.75, 3.05) is 13.2 Å². The third kappa shape index (κ3) is 2.65. The van der Waals surface area contributed by atoms with Crippen molar-refractivity contribution in [3.05, 3.63) is 35.4 Å². The van der Waals surface area contributed by atoms with Crippen LogP contribution >= 0.6 is 0 Å². The molecule has 0 saturated carbocycles. The van der Waals surface area contributed by atoms with Crippen molar-refractivity contribution in [3.8, 4) is 0 Å². The minimum absolute atomic E-state index is 0.0873. The van der Waals surface area contributed by atoms with E-state index in [0.29, 0.717) is 18.8 Å². The first-order valence-electron chi connectivity index (χ1n) is 5.78. The quantitative estimate of drug-likeness (QED) is 0.840. The van der Waals surface area contributed by atoms with E-state index in [1.165, 1.54) is 6.07 Å². The lowest BCUT2D eigenvalue weighted by Gasteiger charge is -2.27. The molecule has 1 heterocycles. The highest BCUT2D eigenvalue weighted by atomic mass is 16.5. The molecular weight excluding hydrogens is 220 g/mol. The number of hydrogen-bond donors (Lipinski definition) is 2. The highest BCUT2D eigenvalue weighted by Crippen LogP contribution is 2.31. The Labute approximate surface area is 99.8 Å². The Kier molecular flexibility index (Phi) is 3.76. The van der Waals surface area contributed by atoms with E-state index in [1.54, 1.807) is 18.2 Å². The van der Waals surface area contributed by atoms with Crippen LogP contribution in [0.1, 0.15) is 34.9 Å². The van der Waals surface area contributed by atoms with Gasteiger partial charge in [-0.1, -0.05) is 18.2 Å². The van der Waals surface area contributed by atoms with Crippen LogP contribution in [0.25, 0.3) is 0 Å². The van der Waals surface area contributed by atoms with Crippen LogP contribution < -0.4 is 0 Å². The summed E-state index contributed by atoms with van der Waals surface area (Å²) in [6.07, 6.45) is 0.829. The maximum atomic E-state index is 11.1. The molecule has 2 N–H and O–H groups in total. The van der Waals surface area contributed by atoms with Crippen molar-refractivity contribution in [3.63, 3.8) is 0 Å². The summed E-state index contributed by atoms with van der Waals surface area (Å²) >= 11 is 0. The van der Waals surface area contributed by atoms with E-state index in [-0.39, 0.29) is 11.5 Å². The summed E-state index contributed by atoms with van der Waals surface area (Å²) < 4.78 is 5.24. The lowest BCUT2D eigenvalue weighted by molar-refractivity contribution is 0.00664. The molecule has 1 unspecified atom stereocenters. The molecule has 1 fully saturated rings. The third-order valence-corrected chi connectivity index (χ3v) is 3.22. The second-order valence-electron chi connectivity index (χ2n) is 4.29. The van der Waals surface area contributed by atoms with Gasteiger partial charge in [0.2, 0.25) is 0 Å². The predicted octanol–water partition coefficient (Wildman–Crippen LogP) is 1.84. The summed E-state index contributed by atoms with van der Waals surface area (Å²) in [7, 11) is 0. The highest BCUT2D eigenvalue weighted by Gasteiger charge is 2.26. The smallest absolute Gasteiger partial charge is 0.336 e. The van der Waals surface area contributed by atoms with Gasteiger partial charge in [0.1, 0.15) is 0 Å². The van der Waals surface area contributed by atoms with Gasteiger partial charge in [0, 0.05) is 13.2 Å². The number of benzene rings is 1. The van der Waals surface area contributed by atoms with Crippen LogP contribution in [0.3, 0.4) is 0 Å². The van der Waals surface area contributed by atoms with E-state index in [1.807, 2.05) is 0 Å². The second kappa shape index (κ2) is 5.29. The van der Waals surface area contributed by atoms with Gasteiger partial charge in [-0.25, -0.2) is 4.79 Å². The molecule has 4 nitrogen and oxygen atoms in total. The number of aliphatic hydroxyl groups is 1. The Morgan fingerprint density at radius 2 is 1.94 bits per heavy atom. The lowest BCUT2D eigenvalue weighted by atomic mass is 9.87. The fourth-order valence-corrected chi connectivity index (χ4v) is 2.24. The summed E-state index contributed by atoms with van der Waals surface area (Å²) in [5.41, 5.74) is 0.693. The lowest BCUT2D eigenvalue weighted by Crippen LogP contribution is -2.23. The van der Waals surface area contributed by atoms with Gasteiger partial charge in [0.25, 0.3) is 0 Å². The van der Waals surface area contributed by atoms with E-state index in [4.69, 9.17) is 9.84 Å². The van der Waals surface area contributed by atoms with Crippen LogP contribution in [-0.2, 0) is 4.74 Å². The van der Waals surface area contributed by atoms with E-state index in [2.05, 4.69) is 0 Å². The zero-order valence-corrected chi connectivity index (χ0v) is 9.50. The molecule has 0 aliphatic carbocycles. The Hall–Kier alpha value is -1.39. The largest absolute Gasteiger partial charge is 0.478 e. The number of aromatic carboxylic acids is 1. The average Bonchev–Trinajstić information content (AvgIpc) is 2.39. The predicted molar refractivity (Wildman–Crippen MR) is 61.9 cm³/mol. The molecule has 0 bridgehead atoms. The normalized spacial score (nSPS) is 18.9. The van der Waals surface area contributed by atoms with Crippen molar-refractivity contribution >= 4 is 5.97 Å². The number of ether oxygens (including phenoxy) is 1. The molecule has 1 aromatic rings. The fraction of sp³-hybridized carbons (Fsp3) is 0.462. The summed E-state index contributed by atoms with van der Waals surface area (Å²) in [4.78, 5) is 11.1. The SMILES string of the molecule is O=C(O)c1ccccc1C(O)C1CCOCC1. The van der Waals surface area contributed by atoms with Gasteiger partial charge in [-0.2, -0.15) is 0 Å². The molecule has 1 atom stereocenters. The van der Waals surface area contributed by atoms with Crippen molar-refractivity contribution in [2.24, 2.45) is 5.92 Å². The first-order valence-corrected chi connectivity index (χ1v) is 5.78. The summed E-state index contributed by atoms with van der Waals surface area (Å²) in [5, 5.41) is 19.3. The highest BCUT2D eigenvalue weighted by molar-refractivity contribution is 5.89. The Morgan fingerprint density at radius 1 is 1.29 bits per heavy atom. The molecule has 1 aliphatic heterocycles. The minimum atomic E-state index is -0.994. The third-order valence-electron chi connectivity index (χ3n) is 3.22. The van der Waals surface area contributed by atoms with Gasteiger partial charge in [-0.15, -0.1) is 0 Å². The van der Waals surface area contributed by atoms with Crippen molar-refractivity contribution < 1.29 is 19.7 Å². The average molecular weight is 236 g/mol. The van der Waals surface area contributed by atoms with Crippen LogP contribution in [0.4, 0.5) is 0 Å². The molecule has 2 rings (SSSR count). The van der Waals surface area contributed by atoms with Gasteiger partial charge >= 0.3 is 5.97 Å². The van der Waals surface area contributed by atoms with E-state index < -0.39 is 12.1 Å². The van der Waals surface area contributed by atoms with E-state index in [9.17, 15) is 9.90 Å². The number of carbonyl (C=O) groups is 1. The Balaban J connectivity index is 2.23. The fourth-order valence-electron chi connectivity index (χ4n) is 2.24. The number of rotatable bonds is 3. The van der Waals surface area contributed by atoms with Crippen molar-refractivity contribution in [1.82, 2.24) is 0 Å². The molecule has 0 aromatic heterocycles. The molecule has 92 valence electrons. The van der Waals surface area contributed by atoms with Gasteiger partial charge in [0.05, 0.1) is 11.7 Å². The molecule has 0 spiro atoms. The topological polar surface area (TPSA) is 66.8 Å². The molecular formula is C13H16O4. The molecule has 4 heteroatoms. The summed E-state index contributed by atoms with van der Waals surface area (Å²) in [6.45, 7) is 1.27. The van der Waals surface area contributed by atoms with Crippen LogP contribution in [0.5, 0.6) is 0 Å². The standard InChI is InChI=1S/C13H16O4/c14-12(9-5-7-17-8-6-9)10-3-1-2-4-11(10)13(15)16/h1-4,9,12,14H,5-8H2,(H,15,16). The number of aliphatic hydroxyl groups excluding tert-OH is 1. The number of carboxylic acids is 1. The Morgan fingerprint density at radius 3 is 2.59 bits per heavy atom. The zero-order valence-electron chi connectivity index (χ0n) is 9.50. The van der Waals surface area contributed by atoms with Crippen molar-refractivity contribution in [2.45, 2.75) is 18.9 Å². The van der Waals surface area contributed by atoms with Crippen LogP contribution in [0, 0.1) is 5.92 Å². The molecule has 1 aromatic carbocycles. The Bertz CT molecular complexity index is 396. The molecule has 0 amide bonds. The summed E-state index contributed by atoms with van der Waals surface area (Å²) in [5.74, 6) is -0.907. The minimum Gasteiger partial charge on any atom is -0.478 e. The monoisotopic (exact) mass is 236 g/mol. The maximum absolute atomic E-state index is 11.1. The number of hydrogen-bond acceptors (Lipinski definition) is 3. The first-order chi connectivity index (χ1) is 8.20. The maximum Gasteiger partial charge on any atom is 0.336 e. The van der Waals surface area contributed by atoms with Gasteiger partial charge in [0.15, 0.2) is 0 Å². The van der Waals surface area contributed by atoms with Crippen LogP contribution in [0.2, 0.25) is 0 Å². The van der Waals surface area contributed by atoms with Crippen molar-refractivity contribution in [1.29, 1.82) is 0 Å². The zero-order chi connectivity index (χ0) is 12.3. The van der Waals surface area contributed by atoms with Gasteiger partial charge < -0.3 is 14.9 Å². The van der Waals surface area contributed by atoms with Crippen LogP contribution in [-0.4, -0.2) is 29.4 Å². The molecule has 0 radical (unpaired) electrons. The molecule has 1 saturated heterocycles. The summed E-state index contributed by atoms with van der Waals surface area (Å²) in [6, 6.07) is 6.64. The first kappa shape index (κ1) is 12.1. The molecule has 17 heavy (non-hydrogen) atoms. The molecule has 1 aliphatic rings. The van der Waals surface area contributed by atoms with Crippen LogP contribution in [0.15, 0.2) is 24.3 Å². The van der Waals surface area contributed by atoms with E-state index >= 15 is 0 Å². The van der Waals surface area contributed by atoms with E-state index in [0.717, 1.165) is 12.8 Å². The second-order valence-corrected chi connectivity index (χ2v) is 4.29. The number of carboxylic acid groups (broad SMARTS) is 1. The van der Waals surface area contributed by atoms with Gasteiger partial charge in [-0.05, 0) is 30.4 Å². The van der Waals surface area contributed by atoms with Gasteiger partial charge in [-0.3, -0.25) is 0 Å².